The van der Waals surface area contributed by atoms with Gasteiger partial charge in [0.25, 0.3) is 10.0 Å². The predicted molar refractivity (Wildman–Crippen MR) is 156 cm³/mol. The number of nitrogens with zero attached hydrogens (tertiary/aromatic N) is 2. The Bertz CT molecular complexity index is 1450. The molecule has 0 saturated carbocycles. The van der Waals surface area contributed by atoms with Crippen LogP contribution < -0.4 is 9.62 Å². The van der Waals surface area contributed by atoms with Crippen LogP contribution in [0.5, 0.6) is 0 Å². The van der Waals surface area contributed by atoms with Crippen LogP contribution >= 0.6 is 0 Å². The van der Waals surface area contributed by atoms with Crippen LogP contribution in [-0.2, 0) is 32.2 Å². The number of amides is 2. The number of hydrogen-bond acceptors (Lipinski definition) is 4. The third-order valence-electron chi connectivity index (χ3n) is 6.83. The van der Waals surface area contributed by atoms with E-state index in [1.807, 2.05) is 37.3 Å². The van der Waals surface area contributed by atoms with Crippen LogP contribution in [0.1, 0.15) is 43.4 Å². The van der Waals surface area contributed by atoms with Crippen LogP contribution in [0.25, 0.3) is 0 Å². The van der Waals surface area contributed by atoms with Crippen molar-refractivity contribution in [1.29, 1.82) is 0 Å². The number of carbonyl (C=O) groups is 2. The summed E-state index contributed by atoms with van der Waals surface area (Å²) in [5.41, 5.74) is 0.310. The highest BCUT2D eigenvalue weighted by molar-refractivity contribution is 7.92. The van der Waals surface area contributed by atoms with E-state index in [0.29, 0.717) is 23.3 Å². The summed E-state index contributed by atoms with van der Waals surface area (Å²) < 4.78 is 69.1. The number of aryl methyl sites for hydroxylation is 1. The van der Waals surface area contributed by atoms with Crippen molar-refractivity contribution >= 4 is 27.5 Å². The third-order valence-corrected chi connectivity index (χ3v) is 8.62. The number of carbonyl (C=O) groups excluding carboxylic acids is 2. The zero-order valence-corrected chi connectivity index (χ0v) is 24.7. The molecule has 0 bridgehead atoms. The van der Waals surface area contributed by atoms with Crippen LogP contribution in [0.2, 0.25) is 0 Å². The number of nitrogens with one attached hydrogen (secondary N) is 1. The maximum absolute atomic E-state index is 13.9. The summed E-state index contributed by atoms with van der Waals surface area (Å²) >= 11 is 0. The van der Waals surface area contributed by atoms with Gasteiger partial charge in [-0.15, -0.1) is 0 Å². The summed E-state index contributed by atoms with van der Waals surface area (Å²) in [7, 11) is -4.47. The molecular weight excluding hydrogens is 567 g/mol. The van der Waals surface area contributed by atoms with Gasteiger partial charge in [-0.1, -0.05) is 67.4 Å². The number of anilines is 1. The lowest BCUT2D eigenvalue weighted by molar-refractivity contribution is -0.138. The van der Waals surface area contributed by atoms with E-state index >= 15 is 0 Å². The Hall–Kier alpha value is -3.86. The van der Waals surface area contributed by atoms with Crippen LogP contribution in [0.15, 0.2) is 83.8 Å². The molecule has 0 aromatic heterocycles. The molecule has 3 aromatic rings. The van der Waals surface area contributed by atoms with E-state index in [9.17, 15) is 31.2 Å². The van der Waals surface area contributed by atoms with Gasteiger partial charge in [-0.2, -0.15) is 13.2 Å². The second kappa shape index (κ2) is 14.4. The van der Waals surface area contributed by atoms with Crippen LogP contribution in [0.4, 0.5) is 18.9 Å². The second-order valence-electron chi connectivity index (χ2n) is 10.0. The van der Waals surface area contributed by atoms with Gasteiger partial charge in [-0.25, -0.2) is 8.42 Å². The first kappa shape index (κ1) is 32.7. The Morgan fingerprint density at radius 1 is 0.952 bits per heavy atom. The molecule has 0 aliphatic rings. The SMILES string of the molecule is CCCCNC(=O)[C@H](C)N(CCc1ccccc1)C(=O)CN(c1cccc(C(F)(F)F)c1)S(=O)(=O)c1ccc(C)cc1. The summed E-state index contributed by atoms with van der Waals surface area (Å²) in [4.78, 5) is 27.9. The molecule has 11 heteroatoms. The Balaban J connectivity index is 2.01. The van der Waals surface area contributed by atoms with Crippen molar-refractivity contribution in [2.24, 2.45) is 0 Å². The van der Waals surface area contributed by atoms with E-state index in [1.165, 1.54) is 23.1 Å². The average Bonchev–Trinajstić information content (AvgIpc) is 2.96. The minimum Gasteiger partial charge on any atom is -0.354 e. The molecule has 42 heavy (non-hydrogen) atoms. The lowest BCUT2D eigenvalue weighted by Gasteiger charge is -2.32. The van der Waals surface area contributed by atoms with Crippen molar-refractivity contribution in [2.45, 2.75) is 57.1 Å². The second-order valence-corrected chi connectivity index (χ2v) is 11.9. The lowest BCUT2D eigenvalue weighted by Crippen LogP contribution is -2.52. The molecule has 3 rings (SSSR count). The largest absolute Gasteiger partial charge is 0.416 e. The summed E-state index contributed by atoms with van der Waals surface area (Å²) in [5, 5.41) is 2.80. The van der Waals surface area contributed by atoms with Gasteiger partial charge in [0.2, 0.25) is 11.8 Å². The fourth-order valence-electron chi connectivity index (χ4n) is 4.31. The maximum Gasteiger partial charge on any atom is 0.416 e. The van der Waals surface area contributed by atoms with Gasteiger partial charge >= 0.3 is 6.18 Å². The fourth-order valence-corrected chi connectivity index (χ4v) is 5.72. The molecule has 7 nitrogen and oxygen atoms in total. The van der Waals surface area contributed by atoms with Gasteiger partial charge < -0.3 is 10.2 Å². The van der Waals surface area contributed by atoms with E-state index < -0.39 is 46.2 Å². The lowest BCUT2D eigenvalue weighted by atomic mass is 10.1. The Morgan fingerprint density at radius 3 is 2.24 bits per heavy atom. The van der Waals surface area contributed by atoms with Crippen molar-refractivity contribution in [3.8, 4) is 0 Å². The van der Waals surface area contributed by atoms with Gasteiger partial charge in [0, 0.05) is 13.1 Å². The molecule has 226 valence electrons. The zero-order valence-electron chi connectivity index (χ0n) is 23.9. The number of halogens is 3. The van der Waals surface area contributed by atoms with Gasteiger partial charge in [0.1, 0.15) is 12.6 Å². The molecule has 0 aliphatic carbocycles. The molecule has 0 unspecified atom stereocenters. The average molecular weight is 604 g/mol. The Morgan fingerprint density at radius 2 is 1.62 bits per heavy atom. The zero-order chi connectivity index (χ0) is 30.9. The van der Waals surface area contributed by atoms with Crippen molar-refractivity contribution < 1.29 is 31.2 Å². The van der Waals surface area contributed by atoms with Crippen LogP contribution in [0.3, 0.4) is 0 Å². The normalized spacial score (nSPS) is 12.4. The number of alkyl halides is 3. The van der Waals surface area contributed by atoms with Gasteiger partial charge in [0.15, 0.2) is 0 Å². The minimum absolute atomic E-state index is 0.0895. The molecule has 2 amide bonds. The fraction of sp³-hybridized carbons (Fsp3) is 0.355. The minimum atomic E-state index is -4.73. The van der Waals surface area contributed by atoms with Gasteiger partial charge in [0.05, 0.1) is 16.1 Å². The standard InChI is InChI=1S/C31H36F3N3O4S/c1-4-5-19-35-30(39)24(3)36(20-18-25-10-7-6-8-11-25)29(38)22-37(27-13-9-12-26(21-27)31(32,33)34)42(40,41)28-16-14-23(2)15-17-28/h6-17,21,24H,4-5,18-20,22H2,1-3H3,(H,35,39)/t24-/m0/s1. The quantitative estimate of drug-likeness (QED) is 0.258. The van der Waals surface area contributed by atoms with E-state index in [-0.39, 0.29) is 17.1 Å². The molecule has 0 heterocycles. The molecule has 1 N–H and O–H groups in total. The molecule has 0 radical (unpaired) electrons. The number of hydrogen-bond donors (Lipinski definition) is 1. The Kier molecular flexibility index (Phi) is 11.2. The number of benzene rings is 3. The van der Waals surface area contributed by atoms with Crippen molar-refractivity contribution in [3.63, 3.8) is 0 Å². The van der Waals surface area contributed by atoms with E-state index in [0.717, 1.165) is 36.1 Å². The highest BCUT2D eigenvalue weighted by Crippen LogP contribution is 2.33. The summed E-state index contributed by atoms with van der Waals surface area (Å²) in [5.74, 6) is -1.13. The van der Waals surface area contributed by atoms with E-state index in [2.05, 4.69) is 5.32 Å². The first-order valence-electron chi connectivity index (χ1n) is 13.7. The van der Waals surface area contributed by atoms with Gasteiger partial charge in [-0.3, -0.25) is 13.9 Å². The van der Waals surface area contributed by atoms with Crippen molar-refractivity contribution in [1.82, 2.24) is 10.2 Å². The molecule has 0 fully saturated rings. The highest BCUT2D eigenvalue weighted by atomic mass is 32.2. The summed E-state index contributed by atoms with van der Waals surface area (Å²) in [6, 6.07) is 17.9. The number of sulfonamides is 1. The topological polar surface area (TPSA) is 86.8 Å². The number of rotatable bonds is 13. The predicted octanol–water partition coefficient (Wildman–Crippen LogP) is 5.59. The third kappa shape index (κ3) is 8.58. The Labute approximate surface area is 245 Å². The summed E-state index contributed by atoms with van der Waals surface area (Å²) in [6.45, 7) is 4.99. The monoisotopic (exact) mass is 603 g/mol. The van der Waals surface area contributed by atoms with Crippen LogP contribution in [-0.4, -0.2) is 50.8 Å². The molecule has 0 aliphatic heterocycles. The molecule has 0 spiro atoms. The molecular formula is C31H36F3N3O4S. The van der Waals surface area contributed by atoms with E-state index in [4.69, 9.17) is 0 Å². The van der Waals surface area contributed by atoms with Crippen molar-refractivity contribution in [3.05, 3.63) is 95.6 Å². The summed E-state index contributed by atoms with van der Waals surface area (Å²) in [6.07, 6.45) is -2.75. The van der Waals surface area contributed by atoms with E-state index in [1.54, 1.807) is 26.0 Å². The molecule has 1 atom stereocenters. The van der Waals surface area contributed by atoms with Gasteiger partial charge in [-0.05, 0) is 62.6 Å². The first-order chi connectivity index (χ1) is 19.8. The number of unbranched alkanes of at least 4 members (excludes halogenated alkanes) is 1. The maximum atomic E-state index is 13.9. The smallest absolute Gasteiger partial charge is 0.354 e. The highest BCUT2D eigenvalue weighted by Gasteiger charge is 2.35. The molecule has 0 saturated heterocycles. The van der Waals surface area contributed by atoms with Crippen LogP contribution in [0, 0.1) is 6.92 Å². The molecule has 3 aromatic carbocycles. The van der Waals surface area contributed by atoms with Crippen molar-refractivity contribution in [2.75, 3.05) is 23.9 Å². The first-order valence-corrected chi connectivity index (χ1v) is 15.2.